The predicted molar refractivity (Wildman–Crippen MR) is 138 cm³/mol. The van der Waals surface area contributed by atoms with Crippen LogP contribution in [0.5, 0.6) is 0 Å². The first-order chi connectivity index (χ1) is 17.5. The molecule has 5 rings (SSSR count). The van der Waals surface area contributed by atoms with Gasteiger partial charge in [-0.15, -0.1) is 0 Å². The van der Waals surface area contributed by atoms with Gasteiger partial charge >= 0.3 is 0 Å². The number of hydrogen-bond acceptors (Lipinski definition) is 4. The molecule has 0 bridgehead atoms. The number of hydrogen-bond donors (Lipinski definition) is 1. The number of fused-ring (bicyclic) bond motifs is 2. The maximum Gasteiger partial charge on any atom is 0.243 e. The van der Waals surface area contributed by atoms with Crippen LogP contribution in [0.2, 0.25) is 5.02 Å². The minimum atomic E-state index is -4.03. The Morgan fingerprint density at radius 3 is 2.65 bits per heavy atom. The molecule has 3 atom stereocenters. The SMILES string of the molecule is C[C@H](O)CN(C[C@H]1CCC2=Cc3c(cnn3-c3ccc(F)cc3)C[C@@]21C)S(=O)(=O)c1ccc(F)c(Cl)c1. The normalized spacial score (nSPS) is 22.0. The van der Waals surface area contributed by atoms with Crippen molar-refractivity contribution in [3.05, 3.63) is 82.1 Å². The fourth-order valence-electron chi connectivity index (χ4n) is 5.61. The molecule has 10 heteroatoms. The first-order valence-corrected chi connectivity index (χ1v) is 14.0. The molecule has 0 spiro atoms. The molecule has 0 unspecified atom stereocenters. The van der Waals surface area contributed by atoms with Crippen molar-refractivity contribution in [2.75, 3.05) is 13.1 Å². The third kappa shape index (κ3) is 4.74. The summed E-state index contributed by atoms with van der Waals surface area (Å²) in [6, 6.07) is 9.53. The maximum absolute atomic E-state index is 13.7. The quantitative estimate of drug-likeness (QED) is 0.439. The number of halogens is 3. The van der Waals surface area contributed by atoms with E-state index in [0.717, 1.165) is 41.9 Å². The van der Waals surface area contributed by atoms with Gasteiger partial charge in [0.15, 0.2) is 0 Å². The van der Waals surface area contributed by atoms with Gasteiger partial charge in [-0.25, -0.2) is 21.9 Å². The zero-order valence-corrected chi connectivity index (χ0v) is 22.1. The number of sulfonamides is 1. The van der Waals surface area contributed by atoms with Gasteiger partial charge in [-0.3, -0.25) is 0 Å². The molecule has 37 heavy (non-hydrogen) atoms. The summed E-state index contributed by atoms with van der Waals surface area (Å²) >= 11 is 5.87. The molecule has 2 aromatic carbocycles. The molecule has 0 aliphatic heterocycles. The van der Waals surface area contributed by atoms with Gasteiger partial charge in [0, 0.05) is 13.1 Å². The Balaban J connectivity index is 1.45. The average Bonchev–Trinajstić information content (AvgIpc) is 3.38. The van der Waals surface area contributed by atoms with Gasteiger partial charge in [0.2, 0.25) is 10.0 Å². The van der Waals surface area contributed by atoms with Crippen LogP contribution in [0, 0.1) is 23.0 Å². The molecular formula is C27H28ClF2N3O3S. The van der Waals surface area contributed by atoms with E-state index >= 15 is 0 Å². The molecule has 1 N–H and O–H groups in total. The van der Waals surface area contributed by atoms with Gasteiger partial charge in [0.05, 0.1) is 33.6 Å². The highest BCUT2D eigenvalue weighted by Gasteiger charge is 2.47. The second kappa shape index (κ2) is 9.62. The van der Waals surface area contributed by atoms with Gasteiger partial charge in [-0.1, -0.05) is 24.1 Å². The smallest absolute Gasteiger partial charge is 0.243 e. The van der Waals surface area contributed by atoms with E-state index in [1.165, 1.54) is 28.1 Å². The van der Waals surface area contributed by atoms with E-state index in [2.05, 4.69) is 18.1 Å². The van der Waals surface area contributed by atoms with E-state index in [4.69, 9.17) is 11.6 Å². The van der Waals surface area contributed by atoms with Crippen molar-refractivity contribution in [2.45, 2.75) is 44.1 Å². The van der Waals surface area contributed by atoms with Crippen LogP contribution in [0.4, 0.5) is 8.78 Å². The summed E-state index contributed by atoms with van der Waals surface area (Å²) in [5, 5.41) is 14.4. The van der Waals surface area contributed by atoms with Crippen molar-refractivity contribution >= 4 is 27.7 Å². The molecule has 1 saturated carbocycles. The van der Waals surface area contributed by atoms with E-state index in [-0.39, 0.29) is 40.2 Å². The van der Waals surface area contributed by atoms with Crippen LogP contribution in [0.3, 0.4) is 0 Å². The molecule has 0 saturated heterocycles. The summed E-state index contributed by atoms with van der Waals surface area (Å²) in [6.45, 7) is 3.81. The van der Waals surface area contributed by atoms with E-state index < -0.39 is 21.9 Å². The summed E-state index contributed by atoms with van der Waals surface area (Å²) < 4.78 is 57.3. The lowest BCUT2D eigenvalue weighted by Gasteiger charge is -2.38. The maximum atomic E-state index is 13.7. The van der Waals surface area contributed by atoms with Crippen molar-refractivity contribution in [3.8, 4) is 5.69 Å². The van der Waals surface area contributed by atoms with Crippen LogP contribution >= 0.6 is 11.6 Å². The van der Waals surface area contributed by atoms with Gasteiger partial charge in [0.25, 0.3) is 0 Å². The average molecular weight is 548 g/mol. The van der Waals surface area contributed by atoms with Crippen LogP contribution < -0.4 is 0 Å². The highest BCUT2D eigenvalue weighted by molar-refractivity contribution is 7.89. The molecule has 2 aliphatic carbocycles. The zero-order chi connectivity index (χ0) is 26.5. The topological polar surface area (TPSA) is 75.4 Å². The van der Waals surface area contributed by atoms with E-state index in [1.807, 2.05) is 6.20 Å². The largest absolute Gasteiger partial charge is 0.392 e. The number of aliphatic hydroxyl groups excluding tert-OH is 1. The third-order valence-electron chi connectivity index (χ3n) is 7.64. The molecule has 3 aromatic rings. The van der Waals surface area contributed by atoms with E-state index in [1.54, 1.807) is 23.7 Å². The summed E-state index contributed by atoms with van der Waals surface area (Å²) in [5.74, 6) is -1.01. The standard InChI is InChI=1S/C27H28ClF2N3O3S/c1-17(34)15-32(37(35,36)23-9-10-25(30)24(28)12-23)16-20-4-3-19-11-26-18(13-27(19,20)2)14-31-33(26)22-7-5-21(29)6-8-22/h5-12,14,17,20,34H,3-4,13,15-16H2,1-2H3/t17-,20+,27-/m0/s1. The second-order valence-electron chi connectivity index (χ2n) is 10.2. The second-order valence-corrected chi connectivity index (χ2v) is 12.5. The first-order valence-electron chi connectivity index (χ1n) is 12.2. The monoisotopic (exact) mass is 547 g/mol. The Morgan fingerprint density at radius 2 is 1.97 bits per heavy atom. The van der Waals surface area contributed by atoms with Gasteiger partial charge in [-0.05, 0) is 91.6 Å². The molecule has 6 nitrogen and oxygen atoms in total. The number of allylic oxidation sites excluding steroid dienone is 1. The Labute approximate surface area is 220 Å². The number of rotatable bonds is 7. The summed E-state index contributed by atoms with van der Waals surface area (Å²) in [5.41, 5.74) is 3.68. The zero-order valence-electron chi connectivity index (χ0n) is 20.5. The van der Waals surface area contributed by atoms with Crippen LogP contribution in [-0.4, -0.2) is 46.8 Å². The predicted octanol–water partition coefficient (Wildman–Crippen LogP) is 5.23. The molecule has 1 fully saturated rings. The molecule has 196 valence electrons. The van der Waals surface area contributed by atoms with Crippen molar-refractivity contribution in [1.29, 1.82) is 0 Å². The minimum Gasteiger partial charge on any atom is -0.392 e. The van der Waals surface area contributed by atoms with Crippen LogP contribution in [0.25, 0.3) is 11.8 Å². The highest BCUT2D eigenvalue weighted by atomic mass is 35.5. The van der Waals surface area contributed by atoms with Crippen molar-refractivity contribution in [3.63, 3.8) is 0 Å². The summed E-state index contributed by atoms with van der Waals surface area (Å²) in [7, 11) is -4.03. The molecule has 1 heterocycles. The molecule has 0 amide bonds. The Morgan fingerprint density at radius 1 is 1.24 bits per heavy atom. The first kappa shape index (κ1) is 26.0. The third-order valence-corrected chi connectivity index (χ3v) is 9.76. The van der Waals surface area contributed by atoms with Crippen molar-refractivity contribution < 1.29 is 22.3 Å². The van der Waals surface area contributed by atoms with Gasteiger partial charge in [-0.2, -0.15) is 9.40 Å². The Hall–Kier alpha value is -2.59. The molecule has 2 aliphatic rings. The van der Waals surface area contributed by atoms with Crippen LogP contribution in [0.15, 0.2) is 59.1 Å². The van der Waals surface area contributed by atoms with Gasteiger partial charge in [0.1, 0.15) is 11.6 Å². The fourth-order valence-corrected chi connectivity index (χ4v) is 7.45. The molecule has 0 radical (unpaired) electrons. The molecule has 1 aromatic heterocycles. The number of aliphatic hydroxyl groups is 1. The molecular weight excluding hydrogens is 520 g/mol. The number of nitrogens with zero attached hydrogens (tertiary/aromatic N) is 3. The van der Waals surface area contributed by atoms with Crippen LogP contribution in [-0.2, 0) is 16.4 Å². The minimum absolute atomic E-state index is 0.00878. The highest BCUT2D eigenvalue weighted by Crippen LogP contribution is 2.53. The number of benzene rings is 2. The van der Waals surface area contributed by atoms with E-state index in [9.17, 15) is 22.3 Å². The Kier molecular flexibility index (Phi) is 6.77. The van der Waals surface area contributed by atoms with E-state index in [0.29, 0.717) is 6.42 Å². The lowest BCUT2D eigenvalue weighted by atomic mass is 9.70. The number of aromatic nitrogens is 2. The lowest BCUT2D eigenvalue weighted by molar-refractivity contribution is 0.142. The van der Waals surface area contributed by atoms with Crippen LogP contribution in [0.1, 0.15) is 37.9 Å². The lowest BCUT2D eigenvalue weighted by Crippen LogP contribution is -2.43. The Bertz CT molecular complexity index is 1470. The summed E-state index contributed by atoms with van der Waals surface area (Å²) in [6.07, 6.45) is 5.33. The fraction of sp³-hybridized carbons (Fsp3) is 0.370. The summed E-state index contributed by atoms with van der Waals surface area (Å²) in [4.78, 5) is -0.107. The van der Waals surface area contributed by atoms with Crippen molar-refractivity contribution in [2.24, 2.45) is 11.3 Å². The van der Waals surface area contributed by atoms with Crippen molar-refractivity contribution in [1.82, 2.24) is 14.1 Å². The van der Waals surface area contributed by atoms with Gasteiger partial charge < -0.3 is 5.11 Å².